The van der Waals surface area contributed by atoms with Crippen LogP contribution in [-0.2, 0) is 17.8 Å². The summed E-state index contributed by atoms with van der Waals surface area (Å²) in [7, 11) is 2.08. The van der Waals surface area contributed by atoms with Gasteiger partial charge in [-0.2, -0.15) is 18.2 Å². The van der Waals surface area contributed by atoms with E-state index in [-0.39, 0.29) is 30.0 Å². The van der Waals surface area contributed by atoms with Crippen molar-refractivity contribution in [3.8, 4) is 11.5 Å². The number of amides is 1. The lowest BCUT2D eigenvalue weighted by Gasteiger charge is -2.36. The van der Waals surface area contributed by atoms with Crippen LogP contribution in [0.4, 0.5) is 23.7 Å². The van der Waals surface area contributed by atoms with Crippen LogP contribution in [0.3, 0.4) is 0 Å². The van der Waals surface area contributed by atoms with Crippen LogP contribution in [0, 0.1) is 5.92 Å². The van der Waals surface area contributed by atoms with Gasteiger partial charge < -0.3 is 29.4 Å². The molecule has 1 amide bonds. The number of carbonyl (C=O) groups is 1. The molecule has 202 valence electrons. The molecule has 0 radical (unpaired) electrons. The molecule has 9 nitrogen and oxygen atoms in total. The maximum Gasteiger partial charge on any atom is 0.408 e. The smallest absolute Gasteiger partial charge is 0.408 e. The fourth-order valence-corrected chi connectivity index (χ4v) is 4.61. The van der Waals surface area contributed by atoms with Crippen molar-refractivity contribution >= 4 is 22.7 Å². The second kappa shape index (κ2) is 10.2. The van der Waals surface area contributed by atoms with Gasteiger partial charge in [-0.15, -0.1) is 0 Å². The highest BCUT2D eigenvalue weighted by molar-refractivity contribution is 5.96. The molecule has 3 heterocycles. The van der Waals surface area contributed by atoms with E-state index in [4.69, 9.17) is 9.26 Å². The van der Waals surface area contributed by atoms with Crippen LogP contribution in [-0.4, -0.2) is 63.7 Å². The Morgan fingerprint density at radius 2 is 2.03 bits per heavy atom. The highest BCUT2D eigenvalue weighted by Gasteiger charge is 2.32. The van der Waals surface area contributed by atoms with E-state index in [1.165, 1.54) is 0 Å². The van der Waals surface area contributed by atoms with Crippen LogP contribution in [0.15, 0.2) is 28.8 Å². The number of rotatable bonds is 6. The van der Waals surface area contributed by atoms with Gasteiger partial charge in [0.05, 0.1) is 11.2 Å². The molecule has 2 aromatic heterocycles. The van der Waals surface area contributed by atoms with E-state index in [2.05, 4.69) is 39.6 Å². The van der Waals surface area contributed by atoms with Gasteiger partial charge in [-0.3, -0.25) is 0 Å². The van der Waals surface area contributed by atoms with E-state index < -0.39 is 24.4 Å². The third kappa shape index (κ3) is 6.73. The van der Waals surface area contributed by atoms with Crippen molar-refractivity contribution in [2.24, 2.45) is 5.92 Å². The molecule has 3 aromatic rings. The van der Waals surface area contributed by atoms with Crippen LogP contribution < -0.4 is 10.6 Å². The maximum atomic E-state index is 13.6. The van der Waals surface area contributed by atoms with Gasteiger partial charge in [-0.1, -0.05) is 18.1 Å². The Morgan fingerprint density at radius 3 is 2.70 bits per heavy atom. The molecule has 4 rings (SSSR count). The lowest BCUT2D eigenvalue weighted by Crippen LogP contribution is -2.43. The molecule has 0 bridgehead atoms. The molecule has 0 spiro atoms. The van der Waals surface area contributed by atoms with E-state index in [1.807, 2.05) is 6.07 Å². The minimum absolute atomic E-state index is 0.0000444. The molecule has 2 atom stereocenters. The first-order chi connectivity index (χ1) is 17.3. The number of alkyl carbamates (subject to hydrolysis) is 1. The molecule has 0 unspecified atom stereocenters. The number of anilines is 1. The van der Waals surface area contributed by atoms with E-state index in [0.717, 1.165) is 29.8 Å². The number of hydrogen-bond acceptors (Lipinski definition) is 7. The molecule has 12 heteroatoms. The summed E-state index contributed by atoms with van der Waals surface area (Å²) in [4.78, 5) is 18.4. The number of ether oxygens (including phenoxy) is 1. The quantitative estimate of drug-likeness (QED) is 0.469. The number of hydrogen-bond donors (Lipinski definition) is 2. The number of benzene rings is 1. The molecule has 1 fully saturated rings. The number of aromatic nitrogens is 3. The first kappa shape index (κ1) is 26.8. The van der Waals surface area contributed by atoms with E-state index in [1.54, 1.807) is 39.0 Å². The first-order valence-electron chi connectivity index (χ1n) is 12.2. The van der Waals surface area contributed by atoms with Crippen molar-refractivity contribution in [1.82, 2.24) is 24.9 Å². The number of nitrogens with zero attached hydrogens (tertiary/aromatic N) is 4. The Bertz CT molecular complexity index is 1250. The van der Waals surface area contributed by atoms with Crippen molar-refractivity contribution in [2.45, 2.75) is 65.0 Å². The molecule has 2 N–H and O–H groups in total. The summed E-state index contributed by atoms with van der Waals surface area (Å²) in [6.45, 7) is 7.91. The SMILES string of the molecule is C[C@H]1CN(C)CC[C@H]1Nc1cccc2c1cc(-c1noc(CNC(=O)OC(C)(C)C)n1)n2CC(F)(F)F. The molecule has 1 aliphatic rings. The third-order valence-corrected chi connectivity index (χ3v) is 6.21. The average molecular weight is 523 g/mol. The van der Waals surface area contributed by atoms with Gasteiger partial charge in [0.1, 0.15) is 18.7 Å². The first-order valence-corrected chi connectivity index (χ1v) is 12.2. The number of nitrogens with one attached hydrogen (secondary N) is 2. The summed E-state index contributed by atoms with van der Waals surface area (Å²) in [5.41, 5.74) is 0.664. The van der Waals surface area contributed by atoms with Gasteiger partial charge >= 0.3 is 12.3 Å². The lowest BCUT2D eigenvalue weighted by atomic mass is 9.94. The Labute approximate surface area is 213 Å². The highest BCUT2D eigenvalue weighted by atomic mass is 19.4. The molecular weight excluding hydrogens is 489 g/mol. The van der Waals surface area contributed by atoms with Crippen molar-refractivity contribution in [1.29, 1.82) is 0 Å². The Balaban J connectivity index is 1.63. The minimum atomic E-state index is -4.46. The third-order valence-electron chi connectivity index (χ3n) is 6.21. The number of carbonyl (C=O) groups excluding carboxylic acids is 1. The van der Waals surface area contributed by atoms with Crippen molar-refractivity contribution in [3.05, 3.63) is 30.2 Å². The van der Waals surface area contributed by atoms with Crippen LogP contribution in [0.1, 0.15) is 40.0 Å². The van der Waals surface area contributed by atoms with Crippen LogP contribution in [0.2, 0.25) is 0 Å². The van der Waals surface area contributed by atoms with E-state index in [0.29, 0.717) is 16.8 Å². The largest absolute Gasteiger partial charge is 0.444 e. The van der Waals surface area contributed by atoms with Gasteiger partial charge in [-0.25, -0.2) is 4.79 Å². The van der Waals surface area contributed by atoms with Gasteiger partial charge in [0.15, 0.2) is 0 Å². The van der Waals surface area contributed by atoms with Gasteiger partial charge in [0, 0.05) is 23.7 Å². The second-order valence-electron chi connectivity index (χ2n) is 10.6. The zero-order valence-electron chi connectivity index (χ0n) is 21.6. The molecule has 0 saturated carbocycles. The maximum absolute atomic E-state index is 13.6. The summed E-state index contributed by atoms with van der Waals surface area (Å²) < 4.78 is 52.3. The Kier molecular flexibility index (Phi) is 7.40. The van der Waals surface area contributed by atoms with Crippen molar-refractivity contribution in [3.63, 3.8) is 0 Å². The number of likely N-dealkylation sites (tertiary alicyclic amines) is 1. The zero-order valence-corrected chi connectivity index (χ0v) is 21.6. The lowest BCUT2D eigenvalue weighted by molar-refractivity contribution is -0.139. The fourth-order valence-electron chi connectivity index (χ4n) is 4.61. The van der Waals surface area contributed by atoms with Crippen LogP contribution in [0.25, 0.3) is 22.4 Å². The number of alkyl halides is 3. The van der Waals surface area contributed by atoms with Gasteiger partial charge in [0.25, 0.3) is 0 Å². The molecular formula is C25H33F3N6O3. The normalized spacial score (nSPS) is 19.2. The zero-order chi connectivity index (χ0) is 27.0. The molecule has 1 aliphatic heterocycles. The summed E-state index contributed by atoms with van der Waals surface area (Å²) in [6, 6.07) is 7.12. The van der Waals surface area contributed by atoms with E-state index in [9.17, 15) is 18.0 Å². The topological polar surface area (TPSA) is 97.5 Å². The minimum Gasteiger partial charge on any atom is -0.444 e. The predicted octanol–water partition coefficient (Wildman–Crippen LogP) is 5.03. The Hall–Kier alpha value is -3.28. The molecule has 1 aromatic carbocycles. The highest BCUT2D eigenvalue weighted by Crippen LogP contribution is 2.35. The summed E-state index contributed by atoms with van der Waals surface area (Å²) in [6.07, 6.45) is -4.20. The van der Waals surface area contributed by atoms with Crippen LogP contribution in [0.5, 0.6) is 0 Å². The standard InChI is InChI=1S/C25H33F3N6O3/c1-15-13-33(5)10-9-17(15)30-18-7-6-8-19-16(18)11-20(34(19)14-25(26,27)28)22-31-21(37-32-22)12-29-23(35)36-24(2,3)4/h6-8,11,15,17,30H,9-10,12-14H2,1-5H3,(H,29,35)/t15-,17+/m0/s1. The number of halogens is 3. The van der Waals surface area contributed by atoms with E-state index >= 15 is 0 Å². The number of fused-ring (bicyclic) bond motifs is 1. The van der Waals surface area contributed by atoms with Gasteiger partial charge in [-0.05, 0) is 64.9 Å². The molecule has 37 heavy (non-hydrogen) atoms. The fraction of sp³-hybridized carbons (Fsp3) is 0.560. The van der Waals surface area contributed by atoms with Crippen LogP contribution >= 0.6 is 0 Å². The predicted molar refractivity (Wildman–Crippen MR) is 133 cm³/mol. The summed E-state index contributed by atoms with van der Waals surface area (Å²) in [5.74, 6) is 0.422. The monoisotopic (exact) mass is 522 g/mol. The molecule has 1 saturated heterocycles. The Morgan fingerprint density at radius 1 is 1.27 bits per heavy atom. The summed E-state index contributed by atoms with van der Waals surface area (Å²) in [5, 5.41) is 10.6. The van der Waals surface area contributed by atoms with Gasteiger partial charge in [0.2, 0.25) is 11.7 Å². The molecule has 0 aliphatic carbocycles. The van der Waals surface area contributed by atoms with Crippen molar-refractivity contribution < 1.29 is 27.2 Å². The number of piperidine rings is 1. The van der Waals surface area contributed by atoms with Crippen molar-refractivity contribution in [2.75, 3.05) is 25.5 Å². The second-order valence-corrected chi connectivity index (χ2v) is 10.6. The average Bonchev–Trinajstić information content (AvgIpc) is 3.37. The summed E-state index contributed by atoms with van der Waals surface area (Å²) >= 11 is 0.